The lowest BCUT2D eigenvalue weighted by Gasteiger charge is -2.19. The zero-order valence-electron chi connectivity index (χ0n) is 9.01. The Morgan fingerprint density at radius 3 is 2.53 bits per heavy atom. The van der Waals surface area contributed by atoms with Crippen molar-refractivity contribution in [2.75, 3.05) is 6.26 Å². The lowest BCUT2D eigenvalue weighted by molar-refractivity contribution is 0.499. The maximum absolute atomic E-state index is 11.4. The van der Waals surface area contributed by atoms with Crippen LogP contribution in [0.5, 0.6) is 0 Å². The van der Waals surface area contributed by atoms with Crippen LogP contribution in [0.25, 0.3) is 0 Å². The van der Waals surface area contributed by atoms with Crippen LogP contribution in [0.1, 0.15) is 18.7 Å². The second kappa shape index (κ2) is 4.30. The van der Waals surface area contributed by atoms with Crippen molar-refractivity contribution in [1.29, 1.82) is 0 Å². The van der Waals surface area contributed by atoms with Gasteiger partial charge in [0.2, 0.25) is 0 Å². The van der Waals surface area contributed by atoms with E-state index in [9.17, 15) is 8.42 Å². The minimum atomic E-state index is -3.14. The van der Waals surface area contributed by atoms with E-state index in [0.29, 0.717) is 5.69 Å². The van der Waals surface area contributed by atoms with Crippen LogP contribution in [0.3, 0.4) is 0 Å². The van der Waals surface area contributed by atoms with Crippen LogP contribution in [0.4, 0.5) is 0 Å². The summed E-state index contributed by atoms with van der Waals surface area (Å²) in [5.41, 5.74) is 3.11. The second-order valence-corrected chi connectivity index (χ2v) is 6.00. The fourth-order valence-corrected chi connectivity index (χ4v) is 2.02. The average molecular weight is 232 g/mol. The Kier molecular flexibility index (Phi) is 3.48. The van der Waals surface area contributed by atoms with Gasteiger partial charge in [0.15, 0.2) is 9.84 Å². The van der Waals surface area contributed by atoms with E-state index in [1.54, 1.807) is 30.9 Å². The molecule has 0 amide bonds. The molecule has 0 saturated carbocycles. The molecule has 86 valence electrons. The molecule has 0 spiro atoms. The molecule has 1 heterocycles. The molecule has 0 bridgehead atoms. The molecule has 15 heavy (non-hydrogen) atoms. The first kappa shape index (κ1) is 12.2. The van der Waals surface area contributed by atoms with Gasteiger partial charge in [-0.05, 0) is 13.0 Å². The third-order valence-electron chi connectivity index (χ3n) is 2.38. The predicted molar refractivity (Wildman–Crippen MR) is 57.6 cm³/mol. The fourth-order valence-electron chi connectivity index (χ4n) is 1.31. The van der Waals surface area contributed by atoms with E-state index in [1.807, 2.05) is 0 Å². The lowest BCUT2D eigenvalue weighted by atomic mass is 10.1. The van der Waals surface area contributed by atoms with Crippen LogP contribution >= 0.6 is 0 Å². The molecule has 2 atom stereocenters. The first-order chi connectivity index (χ1) is 6.86. The number of sulfone groups is 1. The highest BCUT2D eigenvalue weighted by Crippen LogP contribution is 2.18. The first-order valence-electron chi connectivity index (χ1n) is 4.51. The number of hydrogen-bond acceptors (Lipinski definition) is 5. The third kappa shape index (κ3) is 2.77. The summed E-state index contributed by atoms with van der Waals surface area (Å²) >= 11 is 0. The molecule has 0 saturated heterocycles. The van der Waals surface area contributed by atoms with Gasteiger partial charge in [-0.15, -0.1) is 0 Å². The molecular formula is C8H16N4O2S. The van der Waals surface area contributed by atoms with Crippen LogP contribution in [0, 0.1) is 0 Å². The Balaban J connectivity index is 2.99. The minimum Gasteiger partial charge on any atom is -0.275 e. The van der Waals surface area contributed by atoms with Crippen molar-refractivity contribution in [2.24, 2.45) is 12.9 Å². The van der Waals surface area contributed by atoms with E-state index in [4.69, 9.17) is 5.84 Å². The molecule has 2 unspecified atom stereocenters. The second-order valence-electron chi connectivity index (χ2n) is 3.59. The van der Waals surface area contributed by atoms with E-state index < -0.39 is 21.1 Å². The summed E-state index contributed by atoms with van der Waals surface area (Å²) in [5, 5.41) is 3.51. The van der Waals surface area contributed by atoms with Crippen molar-refractivity contribution in [2.45, 2.75) is 18.2 Å². The highest BCUT2D eigenvalue weighted by Gasteiger charge is 2.27. The maximum atomic E-state index is 11.4. The highest BCUT2D eigenvalue weighted by molar-refractivity contribution is 7.91. The van der Waals surface area contributed by atoms with Gasteiger partial charge in [-0.25, -0.2) is 8.42 Å². The first-order valence-corrected chi connectivity index (χ1v) is 6.46. The van der Waals surface area contributed by atoms with E-state index in [0.717, 1.165) is 0 Å². The van der Waals surface area contributed by atoms with Gasteiger partial charge in [0, 0.05) is 19.5 Å². The van der Waals surface area contributed by atoms with Crippen LogP contribution < -0.4 is 11.3 Å². The number of aromatic nitrogens is 2. The molecule has 1 aromatic heterocycles. The summed E-state index contributed by atoms with van der Waals surface area (Å²) in [4.78, 5) is 0. The summed E-state index contributed by atoms with van der Waals surface area (Å²) in [6.07, 6.45) is 2.93. The minimum absolute atomic E-state index is 0.485. The average Bonchev–Trinajstić information content (AvgIpc) is 2.51. The quantitative estimate of drug-likeness (QED) is 0.532. The van der Waals surface area contributed by atoms with Crippen molar-refractivity contribution in [1.82, 2.24) is 15.2 Å². The molecule has 3 N–H and O–H groups in total. The molecule has 7 heteroatoms. The number of nitrogens with zero attached hydrogens (tertiary/aromatic N) is 2. The summed E-state index contributed by atoms with van der Waals surface area (Å²) in [6, 6.07) is 1.26. The predicted octanol–water partition coefficient (Wildman–Crippen LogP) is -0.642. The van der Waals surface area contributed by atoms with Gasteiger partial charge in [0.25, 0.3) is 0 Å². The summed E-state index contributed by atoms with van der Waals surface area (Å²) in [6.45, 7) is 1.61. The molecule has 1 rings (SSSR count). The van der Waals surface area contributed by atoms with Gasteiger partial charge >= 0.3 is 0 Å². The molecule has 0 radical (unpaired) electrons. The number of nitrogens with two attached hydrogens (primary N) is 1. The highest BCUT2D eigenvalue weighted by atomic mass is 32.2. The van der Waals surface area contributed by atoms with Crippen LogP contribution in [-0.4, -0.2) is 29.7 Å². The number of hydrazine groups is 1. The van der Waals surface area contributed by atoms with Gasteiger partial charge in [0.05, 0.1) is 17.0 Å². The van der Waals surface area contributed by atoms with Gasteiger partial charge in [-0.2, -0.15) is 5.10 Å². The maximum Gasteiger partial charge on any atom is 0.152 e. The third-order valence-corrected chi connectivity index (χ3v) is 4.00. The Morgan fingerprint density at radius 1 is 1.60 bits per heavy atom. The lowest BCUT2D eigenvalue weighted by Crippen LogP contribution is -2.39. The monoisotopic (exact) mass is 232 g/mol. The largest absolute Gasteiger partial charge is 0.275 e. The number of nitrogens with one attached hydrogen (secondary N) is 1. The number of hydrogen-bond donors (Lipinski definition) is 2. The van der Waals surface area contributed by atoms with Crippen molar-refractivity contribution in [3.05, 3.63) is 18.0 Å². The van der Waals surface area contributed by atoms with Crippen LogP contribution in [0.15, 0.2) is 12.3 Å². The van der Waals surface area contributed by atoms with Crippen molar-refractivity contribution >= 4 is 9.84 Å². The van der Waals surface area contributed by atoms with Gasteiger partial charge < -0.3 is 0 Å². The topological polar surface area (TPSA) is 90.0 Å². The molecule has 0 aliphatic carbocycles. The summed E-state index contributed by atoms with van der Waals surface area (Å²) < 4.78 is 24.4. The van der Waals surface area contributed by atoms with E-state index in [2.05, 4.69) is 10.5 Å². The Labute approximate surface area is 89.3 Å². The molecule has 0 aliphatic heterocycles. The van der Waals surface area contributed by atoms with Gasteiger partial charge in [-0.3, -0.25) is 16.0 Å². The molecular weight excluding hydrogens is 216 g/mol. The zero-order chi connectivity index (χ0) is 11.6. The number of aryl methyl sites for hydroxylation is 1. The number of rotatable bonds is 4. The molecule has 0 aromatic carbocycles. The van der Waals surface area contributed by atoms with E-state index in [1.165, 1.54) is 6.26 Å². The van der Waals surface area contributed by atoms with Gasteiger partial charge in [-0.1, -0.05) is 0 Å². The SMILES string of the molecule is CC(C(NN)c1ccn(C)n1)S(C)(=O)=O. The normalized spacial score (nSPS) is 16.3. The van der Waals surface area contributed by atoms with Crippen molar-refractivity contribution < 1.29 is 8.42 Å². The Morgan fingerprint density at radius 2 is 2.20 bits per heavy atom. The molecule has 0 aliphatic rings. The summed E-state index contributed by atoms with van der Waals surface area (Å²) in [5.74, 6) is 5.35. The molecule has 6 nitrogen and oxygen atoms in total. The molecule has 1 aromatic rings. The smallest absolute Gasteiger partial charge is 0.152 e. The fraction of sp³-hybridized carbons (Fsp3) is 0.625. The summed E-state index contributed by atoms with van der Waals surface area (Å²) in [7, 11) is -1.38. The van der Waals surface area contributed by atoms with Crippen molar-refractivity contribution in [3.63, 3.8) is 0 Å². The zero-order valence-corrected chi connectivity index (χ0v) is 9.82. The van der Waals surface area contributed by atoms with Crippen molar-refractivity contribution in [3.8, 4) is 0 Å². The van der Waals surface area contributed by atoms with Crippen LogP contribution in [-0.2, 0) is 16.9 Å². The van der Waals surface area contributed by atoms with E-state index >= 15 is 0 Å². The Bertz CT molecular complexity index is 426. The standard InChI is InChI=1S/C8H16N4O2S/c1-6(15(3,13)14)8(10-9)7-4-5-12(2)11-7/h4-6,8,10H,9H2,1-3H3. The van der Waals surface area contributed by atoms with Crippen LogP contribution in [0.2, 0.25) is 0 Å². The van der Waals surface area contributed by atoms with Gasteiger partial charge in [0.1, 0.15) is 0 Å². The molecule has 0 fully saturated rings. The van der Waals surface area contributed by atoms with E-state index in [-0.39, 0.29) is 0 Å². The Hall–Kier alpha value is -0.920.